The summed E-state index contributed by atoms with van der Waals surface area (Å²) >= 11 is 0. The molecular weight excluding hydrogens is 230 g/mol. The molecule has 4 nitrogen and oxygen atoms in total. The second-order valence-corrected chi connectivity index (χ2v) is 4.23. The van der Waals surface area contributed by atoms with E-state index in [1.807, 2.05) is 19.1 Å². The zero-order chi connectivity index (χ0) is 13.1. The van der Waals surface area contributed by atoms with Crippen molar-refractivity contribution in [3.63, 3.8) is 0 Å². The fourth-order valence-electron chi connectivity index (χ4n) is 1.78. The van der Waals surface area contributed by atoms with Gasteiger partial charge in [0, 0.05) is 18.6 Å². The van der Waals surface area contributed by atoms with Crippen molar-refractivity contribution < 1.29 is 10.0 Å². The minimum absolute atomic E-state index is 0.0758. The number of aryl methyl sites for hydroxylation is 1. The monoisotopic (exact) mass is 243 g/mol. The fraction of sp³-hybridized carbons (Fsp3) is 0.143. The van der Waals surface area contributed by atoms with Crippen LogP contribution in [-0.4, -0.2) is 10.0 Å². The highest BCUT2D eigenvalue weighted by atomic mass is 16.6. The average Bonchev–Trinajstić information content (AvgIpc) is 2.33. The quantitative estimate of drug-likeness (QED) is 0.665. The van der Waals surface area contributed by atoms with Crippen molar-refractivity contribution in [1.82, 2.24) is 0 Å². The highest BCUT2D eigenvalue weighted by Crippen LogP contribution is 2.22. The van der Waals surface area contributed by atoms with Gasteiger partial charge in [0.15, 0.2) is 0 Å². The van der Waals surface area contributed by atoms with Gasteiger partial charge in [-0.1, -0.05) is 24.3 Å². The van der Waals surface area contributed by atoms with Gasteiger partial charge in [-0.25, -0.2) is 0 Å². The van der Waals surface area contributed by atoms with Crippen LogP contribution in [0.2, 0.25) is 0 Å². The van der Waals surface area contributed by atoms with Gasteiger partial charge in [-0.2, -0.15) is 0 Å². The van der Waals surface area contributed by atoms with E-state index in [0.717, 1.165) is 16.7 Å². The summed E-state index contributed by atoms with van der Waals surface area (Å²) in [5.41, 5.74) is 2.82. The molecule has 0 aliphatic rings. The molecule has 0 atom stereocenters. The Morgan fingerprint density at radius 2 is 1.83 bits per heavy atom. The van der Waals surface area contributed by atoms with Gasteiger partial charge in [0.05, 0.1) is 4.92 Å². The van der Waals surface area contributed by atoms with Crippen LogP contribution in [0.1, 0.15) is 16.7 Å². The highest BCUT2D eigenvalue weighted by molar-refractivity contribution is 5.41. The van der Waals surface area contributed by atoms with Crippen LogP contribution >= 0.6 is 0 Å². The Labute approximate surface area is 105 Å². The molecule has 2 aromatic rings. The molecule has 0 amide bonds. The summed E-state index contributed by atoms with van der Waals surface area (Å²) in [7, 11) is 0. The largest absolute Gasteiger partial charge is 0.508 e. The number of phenols is 1. The maximum absolute atomic E-state index is 10.5. The molecule has 92 valence electrons. The van der Waals surface area contributed by atoms with Crippen molar-refractivity contribution in [2.75, 3.05) is 0 Å². The first-order valence-corrected chi connectivity index (χ1v) is 5.58. The number of nitro groups is 1. The molecule has 0 fully saturated rings. The highest BCUT2D eigenvalue weighted by Gasteiger charge is 2.06. The van der Waals surface area contributed by atoms with E-state index in [1.54, 1.807) is 18.2 Å². The minimum atomic E-state index is -0.423. The number of hydrogen-bond acceptors (Lipinski definition) is 3. The SMILES string of the molecule is Cc1ccc(Cc2ccc([N+](=O)[O-])cc2)c(O)c1. The fourth-order valence-corrected chi connectivity index (χ4v) is 1.78. The van der Waals surface area contributed by atoms with Crippen molar-refractivity contribution in [1.29, 1.82) is 0 Å². The van der Waals surface area contributed by atoms with Crippen LogP contribution in [0.15, 0.2) is 42.5 Å². The summed E-state index contributed by atoms with van der Waals surface area (Å²) in [6.07, 6.45) is 0.560. The number of nitro benzene ring substituents is 1. The first-order chi connectivity index (χ1) is 8.56. The zero-order valence-electron chi connectivity index (χ0n) is 9.96. The lowest BCUT2D eigenvalue weighted by Crippen LogP contribution is -1.91. The Morgan fingerprint density at radius 1 is 1.17 bits per heavy atom. The normalized spacial score (nSPS) is 10.3. The molecule has 0 spiro atoms. The summed E-state index contributed by atoms with van der Waals surface area (Å²) in [6, 6.07) is 11.9. The number of phenolic OH excluding ortho intramolecular Hbond substituents is 1. The standard InChI is InChI=1S/C14H13NO3/c1-10-2-5-12(14(16)8-10)9-11-3-6-13(7-4-11)15(17)18/h2-8,16H,9H2,1H3. The summed E-state index contributed by atoms with van der Waals surface area (Å²) < 4.78 is 0. The van der Waals surface area contributed by atoms with Gasteiger partial charge in [0.25, 0.3) is 5.69 Å². The molecule has 18 heavy (non-hydrogen) atoms. The zero-order valence-corrected chi connectivity index (χ0v) is 9.96. The molecule has 0 aromatic heterocycles. The van der Waals surface area contributed by atoms with Gasteiger partial charge in [0.1, 0.15) is 5.75 Å². The Kier molecular flexibility index (Phi) is 3.28. The van der Waals surface area contributed by atoms with E-state index in [2.05, 4.69) is 0 Å². The summed E-state index contributed by atoms with van der Waals surface area (Å²) in [5.74, 6) is 0.258. The molecule has 0 bridgehead atoms. The van der Waals surface area contributed by atoms with Gasteiger partial charge in [-0.15, -0.1) is 0 Å². The molecule has 0 heterocycles. The van der Waals surface area contributed by atoms with Crippen molar-refractivity contribution in [3.05, 3.63) is 69.3 Å². The Morgan fingerprint density at radius 3 is 2.39 bits per heavy atom. The molecule has 0 saturated carbocycles. The third kappa shape index (κ3) is 2.66. The van der Waals surface area contributed by atoms with Crippen LogP contribution in [0, 0.1) is 17.0 Å². The molecule has 0 aliphatic heterocycles. The van der Waals surface area contributed by atoms with E-state index in [9.17, 15) is 15.2 Å². The van der Waals surface area contributed by atoms with E-state index in [4.69, 9.17) is 0 Å². The molecule has 2 rings (SSSR count). The average molecular weight is 243 g/mol. The van der Waals surface area contributed by atoms with Crippen molar-refractivity contribution in [3.8, 4) is 5.75 Å². The minimum Gasteiger partial charge on any atom is -0.508 e. The van der Waals surface area contributed by atoms with Crippen LogP contribution in [0.25, 0.3) is 0 Å². The first kappa shape index (κ1) is 12.1. The molecule has 4 heteroatoms. The second kappa shape index (κ2) is 4.87. The predicted molar refractivity (Wildman–Crippen MR) is 68.7 cm³/mol. The van der Waals surface area contributed by atoms with Gasteiger partial charge < -0.3 is 5.11 Å². The number of benzene rings is 2. The van der Waals surface area contributed by atoms with Crippen molar-refractivity contribution in [2.45, 2.75) is 13.3 Å². The summed E-state index contributed by atoms with van der Waals surface area (Å²) in [4.78, 5) is 10.1. The second-order valence-electron chi connectivity index (χ2n) is 4.23. The molecular formula is C14H13NO3. The summed E-state index contributed by atoms with van der Waals surface area (Å²) in [6.45, 7) is 1.91. The van der Waals surface area contributed by atoms with Gasteiger partial charge in [-0.05, 0) is 29.7 Å². The lowest BCUT2D eigenvalue weighted by atomic mass is 10.0. The van der Waals surface area contributed by atoms with Crippen molar-refractivity contribution in [2.24, 2.45) is 0 Å². The van der Waals surface area contributed by atoms with E-state index in [0.29, 0.717) is 6.42 Å². The lowest BCUT2D eigenvalue weighted by Gasteiger charge is -2.05. The lowest BCUT2D eigenvalue weighted by molar-refractivity contribution is -0.384. The van der Waals surface area contributed by atoms with Crippen LogP contribution in [0.5, 0.6) is 5.75 Å². The summed E-state index contributed by atoms with van der Waals surface area (Å²) in [5, 5.41) is 20.3. The first-order valence-electron chi connectivity index (χ1n) is 5.58. The number of rotatable bonds is 3. The molecule has 0 saturated heterocycles. The van der Waals surface area contributed by atoms with Crippen LogP contribution in [0.4, 0.5) is 5.69 Å². The van der Waals surface area contributed by atoms with Crippen LogP contribution in [-0.2, 0) is 6.42 Å². The molecule has 0 aliphatic carbocycles. The maximum Gasteiger partial charge on any atom is 0.269 e. The van der Waals surface area contributed by atoms with Crippen LogP contribution < -0.4 is 0 Å². The van der Waals surface area contributed by atoms with Gasteiger partial charge >= 0.3 is 0 Å². The molecule has 0 radical (unpaired) electrons. The molecule has 2 aromatic carbocycles. The maximum atomic E-state index is 10.5. The van der Waals surface area contributed by atoms with E-state index in [-0.39, 0.29) is 11.4 Å². The Hall–Kier alpha value is -2.36. The number of nitrogens with zero attached hydrogens (tertiary/aromatic N) is 1. The number of hydrogen-bond donors (Lipinski definition) is 1. The molecule has 1 N–H and O–H groups in total. The number of aromatic hydroxyl groups is 1. The van der Waals surface area contributed by atoms with Gasteiger partial charge in [-0.3, -0.25) is 10.1 Å². The smallest absolute Gasteiger partial charge is 0.269 e. The van der Waals surface area contributed by atoms with E-state index < -0.39 is 4.92 Å². The number of non-ortho nitro benzene ring substituents is 1. The third-order valence-electron chi connectivity index (χ3n) is 2.78. The third-order valence-corrected chi connectivity index (χ3v) is 2.78. The predicted octanol–water partition coefficient (Wildman–Crippen LogP) is 3.20. The Bertz CT molecular complexity index is 576. The van der Waals surface area contributed by atoms with E-state index >= 15 is 0 Å². The van der Waals surface area contributed by atoms with Gasteiger partial charge in [0.2, 0.25) is 0 Å². The molecule has 0 unspecified atom stereocenters. The van der Waals surface area contributed by atoms with Crippen molar-refractivity contribution >= 4 is 5.69 Å². The van der Waals surface area contributed by atoms with Crippen LogP contribution in [0.3, 0.4) is 0 Å². The topological polar surface area (TPSA) is 63.4 Å². The Balaban J connectivity index is 2.21. The van der Waals surface area contributed by atoms with E-state index in [1.165, 1.54) is 12.1 Å².